The summed E-state index contributed by atoms with van der Waals surface area (Å²) in [5.41, 5.74) is 3.61. The van der Waals surface area contributed by atoms with Crippen molar-refractivity contribution in [3.63, 3.8) is 0 Å². The monoisotopic (exact) mass is 445 g/mol. The van der Waals surface area contributed by atoms with Crippen molar-refractivity contribution in [2.24, 2.45) is 0 Å². The number of morpholine rings is 1. The van der Waals surface area contributed by atoms with E-state index in [1.54, 1.807) is 18.2 Å². The number of aromatic nitrogens is 1. The molecule has 6 nitrogen and oxygen atoms in total. The summed E-state index contributed by atoms with van der Waals surface area (Å²) in [5.74, 6) is -0.467. The van der Waals surface area contributed by atoms with Crippen LogP contribution in [0.1, 0.15) is 15.9 Å². The van der Waals surface area contributed by atoms with Crippen molar-refractivity contribution in [1.82, 2.24) is 9.88 Å². The first-order valence-electron chi connectivity index (χ1n) is 9.57. The van der Waals surface area contributed by atoms with Gasteiger partial charge in [0.2, 0.25) is 0 Å². The maximum Gasteiger partial charge on any atom is 0.340 e. The van der Waals surface area contributed by atoms with Gasteiger partial charge in [0.05, 0.1) is 42.8 Å². The largest absolute Gasteiger partial charge is 0.465 e. The third-order valence-electron chi connectivity index (χ3n) is 5.05. The molecule has 1 fully saturated rings. The number of fused-ring (bicyclic) bond motifs is 1. The number of rotatable bonds is 5. The number of esters is 1. The van der Waals surface area contributed by atoms with Crippen LogP contribution in [0.2, 0.25) is 10.0 Å². The quantitative estimate of drug-likeness (QED) is 0.563. The van der Waals surface area contributed by atoms with Gasteiger partial charge in [-0.1, -0.05) is 23.2 Å². The second-order valence-electron chi connectivity index (χ2n) is 7.01. The van der Waals surface area contributed by atoms with Crippen LogP contribution in [-0.4, -0.2) is 49.3 Å². The Labute approximate surface area is 184 Å². The molecule has 2 aromatic carbocycles. The van der Waals surface area contributed by atoms with Crippen LogP contribution in [0.3, 0.4) is 0 Å². The van der Waals surface area contributed by atoms with Gasteiger partial charge >= 0.3 is 5.97 Å². The minimum Gasteiger partial charge on any atom is -0.465 e. The first-order chi connectivity index (χ1) is 14.5. The van der Waals surface area contributed by atoms with E-state index in [-0.39, 0.29) is 0 Å². The predicted octanol–water partition coefficient (Wildman–Crippen LogP) is 4.90. The molecule has 1 saturated heterocycles. The molecule has 2 heterocycles. The number of hydrogen-bond acceptors (Lipinski definition) is 6. The van der Waals surface area contributed by atoms with Gasteiger partial charge in [-0.3, -0.25) is 9.88 Å². The lowest BCUT2D eigenvalue weighted by atomic mass is 10.1. The van der Waals surface area contributed by atoms with Crippen LogP contribution in [0.25, 0.3) is 10.9 Å². The predicted molar refractivity (Wildman–Crippen MR) is 119 cm³/mol. The molecule has 0 aliphatic carbocycles. The Balaban J connectivity index is 1.80. The van der Waals surface area contributed by atoms with Crippen LogP contribution in [0.15, 0.2) is 42.6 Å². The molecule has 1 aliphatic rings. The average molecular weight is 446 g/mol. The fraction of sp³-hybridized carbons (Fsp3) is 0.273. The van der Waals surface area contributed by atoms with Gasteiger partial charge in [0.1, 0.15) is 0 Å². The highest BCUT2D eigenvalue weighted by atomic mass is 35.5. The van der Waals surface area contributed by atoms with Gasteiger partial charge < -0.3 is 14.8 Å². The van der Waals surface area contributed by atoms with E-state index < -0.39 is 5.97 Å². The first kappa shape index (κ1) is 20.9. The van der Waals surface area contributed by atoms with Crippen molar-refractivity contribution in [2.75, 3.05) is 38.7 Å². The van der Waals surface area contributed by atoms with E-state index in [4.69, 9.17) is 32.7 Å². The van der Waals surface area contributed by atoms with E-state index in [0.717, 1.165) is 35.2 Å². The van der Waals surface area contributed by atoms with E-state index in [0.29, 0.717) is 41.1 Å². The number of anilines is 2. The number of ether oxygens (including phenoxy) is 2. The Kier molecular flexibility index (Phi) is 6.39. The van der Waals surface area contributed by atoms with Gasteiger partial charge in [0.15, 0.2) is 0 Å². The molecule has 1 N–H and O–H groups in total. The summed E-state index contributed by atoms with van der Waals surface area (Å²) in [7, 11) is 1.35. The van der Waals surface area contributed by atoms with Crippen molar-refractivity contribution in [3.8, 4) is 0 Å². The van der Waals surface area contributed by atoms with Crippen LogP contribution < -0.4 is 5.32 Å². The minimum atomic E-state index is -0.467. The topological polar surface area (TPSA) is 63.7 Å². The Morgan fingerprint density at radius 1 is 1.17 bits per heavy atom. The van der Waals surface area contributed by atoms with E-state index in [1.807, 2.05) is 24.4 Å². The first-order valence-corrected chi connectivity index (χ1v) is 10.3. The fourth-order valence-electron chi connectivity index (χ4n) is 3.51. The second kappa shape index (κ2) is 9.18. The second-order valence-corrected chi connectivity index (χ2v) is 7.89. The summed E-state index contributed by atoms with van der Waals surface area (Å²) in [6.45, 7) is 3.81. The number of hydrogen-bond donors (Lipinski definition) is 1. The van der Waals surface area contributed by atoms with E-state index in [9.17, 15) is 4.79 Å². The van der Waals surface area contributed by atoms with Crippen LogP contribution in [0.5, 0.6) is 0 Å². The van der Waals surface area contributed by atoms with Crippen molar-refractivity contribution >= 4 is 51.4 Å². The molecule has 0 saturated carbocycles. The lowest BCUT2D eigenvalue weighted by Gasteiger charge is -2.28. The third kappa shape index (κ3) is 4.52. The zero-order chi connectivity index (χ0) is 21.1. The maximum atomic E-state index is 12.3. The number of pyridine rings is 1. The number of nitrogens with one attached hydrogen (secondary N) is 1. The average Bonchev–Trinajstić information content (AvgIpc) is 2.76. The molecule has 0 atom stereocenters. The Bertz CT molecular complexity index is 1080. The van der Waals surface area contributed by atoms with Gasteiger partial charge in [-0.2, -0.15) is 0 Å². The molecule has 0 amide bonds. The summed E-state index contributed by atoms with van der Waals surface area (Å²) in [5, 5.41) is 5.37. The number of methoxy groups -OCH3 is 1. The summed E-state index contributed by atoms with van der Waals surface area (Å²) in [4.78, 5) is 19.2. The van der Waals surface area contributed by atoms with E-state index in [1.165, 1.54) is 7.11 Å². The molecule has 0 radical (unpaired) electrons. The highest BCUT2D eigenvalue weighted by molar-refractivity contribution is 6.31. The molecule has 1 aromatic heterocycles. The molecule has 4 rings (SSSR count). The summed E-state index contributed by atoms with van der Waals surface area (Å²) < 4.78 is 10.4. The molecular formula is C22H21Cl2N3O3. The van der Waals surface area contributed by atoms with Crippen molar-refractivity contribution < 1.29 is 14.3 Å². The summed E-state index contributed by atoms with van der Waals surface area (Å²) >= 11 is 12.4. The zero-order valence-electron chi connectivity index (χ0n) is 16.5. The number of benzene rings is 2. The Morgan fingerprint density at radius 2 is 1.90 bits per heavy atom. The maximum absolute atomic E-state index is 12.3. The normalized spacial score (nSPS) is 14.6. The van der Waals surface area contributed by atoms with Crippen LogP contribution in [0, 0.1) is 0 Å². The zero-order valence-corrected chi connectivity index (χ0v) is 18.0. The van der Waals surface area contributed by atoms with Gasteiger partial charge in [-0.15, -0.1) is 0 Å². The SMILES string of the molecule is COC(=O)c1cc(Cl)ccc1Nc1c(CN2CCOCC2)cnc2ccc(Cl)cc12. The van der Waals surface area contributed by atoms with Crippen LogP contribution in [-0.2, 0) is 16.0 Å². The molecular weight excluding hydrogens is 425 g/mol. The number of carbonyl (C=O) groups excluding carboxylic acids is 1. The van der Waals surface area contributed by atoms with Crippen LogP contribution in [0.4, 0.5) is 11.4 Å². The van der Waals surface area contributed by atoms with Crippen molar-refractivity contribution in [1.29, 1.82) is 0 Å². The van der Waals surface area contributed by atoms with E-state index >= 15 is 0 Å². The smallest absolute Gasteiger partial charge is 0.340 e. The standard InChI is InChI=1S/C22H21Cl2N3O3/c1-29-22(28)18-11-16(24)3-5-20(18)26-21-14(13-27-6-8-30-9-7-27)12-25-19-4-2-15(23)10-17(19)21/h2-5,10-12H,6-9,13H2,1H3,(H,25,26). The Hall–Kier alpha value is -2.38. The minimum absolute atomic E-state index is 0.356. The number of nitrogens with zero attached hydrogens (tertiary/aromatic N) is 2. The molecule has 30 heavy (non-hydrogen) atoms. The van der Waals surface area contributed by atoms with Crippen molar-refractivity contribution in [2.45, 2.75) is 6.54 Å². The van der Waals surface area contributed by atoms with Crippen LogP contribution >= 0.6 is 23.2 Å². The molecule has 156 valence electrons. The summed E-state index contributed by atoms with van der Waals surface area (Å²) in [6.07, 6.45) is 1.86. The number of halogens is 2. The lowest BCUT2D eigenvalue weighted by molar-refractivity contribution is 0.0342. The third-order valence-corrected chi connectivity index (χ3v) is 5.52. The van der Waals surface area contributed by atoms with Gasteiger partial charge in [0, 0.05) is 46.8 Å². The van der Waals surface area contributed by atoms with E-state index in [2.05, 4.69) is 15.2 Å². The number of carbonyl (C=O) groups is 1. The van der Waals surface area contributed by atoms with Gasteiger partial charge in [-0.05, 0) is 36.4 Å². The van der Waals surface area contributed by atoms with Gasteiger partial charge in [0.25, 0.3) is 0 Å². The molecule has 0 bridgehead atoms. The molecule has 8 heteroatoms. The van der Waals surface area contributed by atoms with Crippen molar-refractivity contribution in [3.05, 3.63) is 63.8 Å². The molecule has 3 aromatic rings. The fourth-order valence-corrected chi connectivity index (χ4v) is 3.86. The highest BCUT2D eigenvalue weighted by Gasteiger charge is 2.19. The van der Waals surface area contributed by atoms with Gasteiger partial charge in [-0.25, -0.2) is 4.79 Å². The highest BCUT2D eigenvalue weighted by Crippen LogP contribution is 2.34. The molecule has 0 spiro atoms. The molecule has 0 unspecified atom stereocenters. The summed E-state index contributed by atoms with van der Waals surface area (Å²) in [6, 6.07) is 10.7. The lowest BCUT2D eigenvalue weighted by Crippen LogP contribution is -2.35. The molecule has 1 aliphatic heterocycles. The Morgan fingerprint density at radius 3 is 2.67 bits per heavy atom.